The zero-order valence-electron chi connectivity index (χ0n) is 13.6. The Morgan fingerprint density at radius 3 is 2.65 bits per heavy atom. The second-order valence-corrected chi connectivity index (χ2v) is 6.46. The van der Waals surface area contributed by atoms with Gasteiger partial charge in [0.1, 0.15) is 5.69 Å². The predicted octanol–water partition coefficient (Wildman–Crippen LogP) is 3.64. The summed E-state index contributed by atoms with van der Waals surface area (Å²) < 4.78 is 2.17. The fourth-order valence-electron chi connectivity index (χ4n) is 2.62. The summed E-state index contributed by atoms with van der Waals surface area (Å²) in [7, 11) is 0. The van der Waals surface area contributed by atoms with Gasteiger partial charge < -0.3 is 10.3 Å². The van der Waals surface area contributed by atoms with Crippen LogP contribution in [0.2, 0.25) is 0 Å². The summed E-state index contributed by atoms with van der Waals surface area (Å²) in [4.78, 5) is 9.78. The minimum Gasteiger partial charge on any atom is -0.393 e. The van der Waals surface area contributed by atoms with Gasteiger partial charge in [0.15, 0.2) is 5.82 Å². The molecule has 2 N–H and O–H groups in total. The number of imidazole rings is 1. The Morgan fingerprint density at radius 1 is 1.26 bits per heavy atom. The molecular weight excluding hydrogens is 304 g/mol. The van der Waals surface area contributed by atoms with E-state index < -0.39 is 0 Å². The van der Waals surface area contributed by atoms with E-state index in [0.717, 1.165) is 22.6 Å². The van der Waals surface area contributed by atoms with Crippen LogP contribution >= 0.6 is 12.2 Å². The van der Waals surface area contributed by atoms with Crippen LogP contribution in [0.15, 0.2) is 36.5 Å². The molecule has 1 unspecified atom stereocenters. The molecule has 1 aromatic carbocycles. The molecule has 0 amide bonds. The van der Waals surface area contributed by atoms with Crippen LogP contribution in [0.3, 0.4) is 0 Å². The minimum absolute atomic E-state index is 0.0893. The van der Waals surface area contributed by atoms with E-state index in [0.29, 0.717) is 11.5 Å². The van der Waals surface area contributed by atoms with Crippen molar-refractivity contribution in [3.8, 4) is 11.5 Å². The highest BCUT2D eigenvalue weighted by Gasteiger charge is 2.17. The molecule has 23 heavy (non-hydrogen) atoms. The molecule has 0 fully saturated rings. The third-order valence-corrected chi connectivity index (χ3v) is 4.60. The molecule has 0 aliphatic heterocycles. The summed E-state index contributed by atoms with van der Waals surface area (Å²) >= 11 is 5.15. The summed E-state index contributed by atoms with van der Waals surface area (Å²) in [6.45, 7) is 6.95. The highest BCUT2D eigenvalue weighted by molar-refractivity contribution is 7.80. The normalized spacial score (nSPS) is 12.5. The van der Waals surface area contributed by atoms with E-state index in [-0.39, 0.29) is 5.92 Å². The Morgan fingerprint density at radius 2 is 2.00 bits per heavy atom. The van der Waals surface area contributed by atoms with Gasteiger partial charge in [0, 0.05) is 18.7 Å². The molecule has 0 aliphatic carbocycles. The smallest absolute Gasteiger partial charge is 0.159 e. The first-order valence-corrected chi connectivity index (χ1v) is 8.06. The topological polar surface area (TPSA) is 56.7 Å². The number of rotatable bonds is 4. The molecule has 4 nitrogen and oxygen atoms in total. The van der Waals surface area contributed by atoms with Gasteiger partial charge in [-0.05, 0) is 49.2 Å². The SMILES string of the molecule is Cc1cc2nc(-c3ccccn3)n(CC(C)C(N)=S)c2cc1C. The largest absolute Gasteiger partial charge is 0.393 e. The number of aromatic nitrogens is 3. The molecule has 3 aromatic rings. The van der Waals surface area contributed by atoms with E-state index in [4.69, 9.17) is 22.9 Å². The fourth-order valence-corrected chi connectivity index (χ4v) is 2.69. The lowest BCUT2D eigenvalue weighted by molar-refractivity contribution is 0.616. The molecule has 0 bridgehead atoms. The van der Waals surface area contributed by atoms with Gasteiger partial charge >= 0.3 is 0 Å². The number of fused-ring (bicyclic) bond motifs is 1. The maximum atomic E-state index is 5.82. The second-order valence-electron chi connectivity index (χ2n) is 5.99. The predicted molar refractivity (Wildman–Crippen MR) is 98.4 cm³/mol. The van der Waals surface area contributed by atoms with Crippen molar-refractivity contribution in [1.82, 2.24) is 14.5 Å². The third kappa shape index (κ3) is 2.97. The average molecular weight is 324 g/mol. The first-order chi connectivity index (χ1) is 11.0. The van der Waals surface area contributed by atoms with Crippen LogP contribution in [0.25, 0.3) is 22.6 Å². The van der Waals surface area contributed by atoms with Gasteiger partial charge in [-0.1, -0.05) is 25.2 Å². The Labute approximate surface area is 141 Å². The van der Waals surface area contributed by atoms with E-state index >= 15 is 0 Å². The Kier molecular flexibility index (Phi) is 4.13. The van der Waals surface area contributed by atoms with Gasteiger partial charge in [0.05, 0.1) is 16.0 Å². The third-order valence-electron chi connectivity index (χ3n) is 4.20. The number of aryl methyl sites for hydroxylation is 2. The van der Waals surface area contributed by atoms with Crippen molar-refractivity contribution in [2.75, 3.05) is 0 Å². The quantitative estimate of drug-likeness (QED) is 0.745. The number of pyridine rings is 1. The number of nitrogens with two attached hydrogens (primary N) is 1. The van der Waals surface area contributed by atoms with Crippen molar-refractivity contribution in [3.05, 3.63) is 47.7 Å². The summed E-state index contributed by atoms with van der Waals surface area (Å²) in [6, 6.07) is 10.2. The van der Waals surface area contributed by atoms with E-state index in [1.165, 1.54) is 11.1 Å². The van der Waals surface area contributed by atoms with Crippen LogP contribution in [-0.2, 0) is 6.54 Å². The summed E-state index contributed by atoms with van der Waals surface area (Å²) in [5.74, 6) is 0.945. The van der Waals surface area contributed by atoms with E-state index in [2.05, 4.69) is 35.5 Å². The maximum Gasteiger partial charge on any atom is 0.159 e. The number of thiocarbonyl (C=S) groups is 1. The van der Waals surface area contributed by atoms with Gasteiger partial charge in [-0.25, -0.2) is 4.98 Å². The summed E-state index contributed by atoms with van der Waals surface area (Å²) in [5, 5.41) is 0. The summed E-state index contributed by atoms with van der Waals surface area (Å²) in [6.07, 6.45) is 1.78. The van der Waals surface area contributed by atoms with Crippen LogP contribution in [0.1, 0.15) is 18.1 Å². The van der Waals surface area contributed by atoms with Crippen molar-refractivity contribution < 1.29 is 0 Å². The van der Waals surface area contributed by atoms with Crippen molar-refractivity contribution in [2.45, 2.75) is 27.3 Å². The molecule has 0 saturated carbocycles. The first kappa shape index (κ1) is 15.6. The van der Waals surface area contributed by atoms with E-state index in [9.17, 15) is 0 Å². The van der Waals surface area contributed by atoms with Gasteiger partial charge in [0.25, 0.3) is 0 Å². The Hall–Kier alpha value is -2.27. The number of hydrogen-bond donors (Lipinski definition) is 1. The first-order valence-electron chi connectivity index (χ1n) is 7.65. The molecule has 2 aromatic heterocycles. The van der Waals surface area contributed by atoms with Crippen molar-refractivity contribution >= 4 is 28.2 Å². The number of benzene rings is 1. The molecule has 0 saturated heterocycles. The maximum absolute atomic E-state index is 5.82. The van der Waals surface area contributed by atoms with Crippen LogP contribution in [0, 0.1) is 19.8 Å². The van der Waals surface area contributed by atoms with Gasteiger partial charge in [-0.15, -0.1) is 0 Å². The van der Waals surface area contributed by atoms with E-state index in [1.807, 2.05) is 25.1 Å². The lowest BCUT2D eigenvalue weighted by atomic mass is 10.1. The molecular formula is C18H20N4S. The molecule has 118 valence electrons. The lowest BCUT2D eigenvalue weighted by Gasteiger charge is -2.14. The highest BCUT2D eigenvalue weighted by atomic mass is 32.1. The Balaban J connectivity index is 2.23. The van der Waals surface area contributed by atoms with Crippen molar-refractivity contribution in [1.29, 1.82) is 0 Å². The summed E-state index contributed by atoms with van der Waals surface area (Å²) in [5.41, 5.74) is 11.2. The molecule has 2 heterocycles. The second kappa shape index (κ2) is 6.08. The standard InChI is InChI=1S/C18H20N4S/c1-11-8-15-16(9-12(11)2)22(10-13(3)17(19)23)18(21-15)14-6-4-5-7-20-14/h4-9,13H,10H2,1-3H3,(H2,19,23). The van der Waals surface area contributed by atoms with Crippen molar-refractivity contribution in [2.24, 2.45) is 11.7 Å². The Bertz CT molecular complexity index is 868. The van der Waals surface area contributed by atoms with E-state index in [1.54, 1.807) is 6.20 Å². The average Bonchev–Trinajstić information content (AvgIpc) is 2.86. The van der Waals surface area contributed by atoms with Gasteiger partial charge in [-0.2, -0.15) is 0 Å². The van der Waals surface area contributed by atoms with Crippen LogP contribution in [0.5, 0.6) is 0 Å². The molecule has 5 heteroatoms. The molecule has 1 atom stereocenters. The van der Waals surface area contributed by atoms with Gasteiger partial charge in [-0.3, -0.25) is 4.98 Å². The van der Waals surface area contributed by atoms with Crippen LogP contribution < -0.4 is 5.73 Å². The molecule has 0 radical (unpaired) electrons. The minimum atomic E-state index is 0.0893. The molecule has 3 rings (SSSR count). The van der Waals surface area contributed by atoms with Gasteiger partial charge in [0.2, 0.25) is 0 Å². The zero-order valence-corrected chi connectivity index (χ0v) is 14.4. The zero-order chi connectivity index (χ0) is 16.6. The highest BCUT2D eigenvalue weighted by Crippen LogP contribution is 2.27. The number of hydrogen-bond acceptors (Lipinski definition) is 3. The molecule has 0 aliphatic rings. The van der Waals surface area contributed by atoms with Crippen molar-refractivity contribution in [3.63, 3.8) is 0 Å². The monoisotopic (exact) mass is 324 g/mol. The molecule has 0 spiro atoms. The van der Waals surface area contributed by atoms with Crippen LogP contribution in [0.4, 0.5) is 0 Å². The lowest BCUT2D eigenvalue weighted by Crippen LogP contribution is -2.23. The number of nitrogens with zero attached hydrogens (tertiary/aromatic N) is 3. The van der Waals surface area contributed by atoms with Crippen LogP contribution in [-0.4, -0.2) is 19.5 Å². The fraction of sp³-hybridized carbons (Fsp3) is 0.278.